The Morgan fingerprint density at radius 2 is 1.06 bits per heavy atom. The number of likely N-dealkylation sites (N-methyl/N-ethyl adjacent to an activating group) is 1. The van der Waals surface area contributed by atoms with Crippen molar-refractivity contribution in [1.82, 2.24) is 19.8 Å². The van der Waals surface area contributed by atoms with E-state index in [9.17, 15) is 52.7 Å². The van der Waals surface area contributed by atoms with Crippen molar-refractivity contribution < 1.29 is 97.0 Å². The maximum absolute atomic E-state index is 10.6. The summed E-state index contributed by atoms with van der Waals surface area (Å²) in [4.78, 5) is 49.4. The minimum atomic E-state index is -5.08. The highest BCUT2D eigenvalue weighted by Gasteiger charge is 2.44. The molecule has 0 radical (unpaired) electrons. The minimum Gasteiger partial charge on any atom is -0.475 e. The summed E-state index contributed by atoms with van der Waals surface area (Å²) in [5.41, 5.74) is 2.36. The molecule has 0 amide bonds. The van der Waals surface area contributed by atoms with E-state index in [1.807, 2.05) is 24.5 Å². The number of pyridine rings is 2. The number of hydrogen-bond acceptors (Lipinski definition) is 9. The Balaban J connectivity index is 0.000000820. The molecule has 2 aliphatic heterocycles. The van der Waals surface area contributed by atoms with E-state index in [4.69, 9.17) is 44.3 Å². The Bertz CT molecular complexity index is 1360. The molecular formula is C29H32F12N4O9. The summed E-state index contributed by atoms with van der Waals surface area (Å²) in [6.07, 6.45) is -13.2. The lowest BCUT2D eigenvalue weighted by Crippen LogP contribution is -2.44. The van der Waals surface area contributed by atoms with Crippen LogP contribution in [-0.2, 0) is 37.0 Å². The molecule has 2 aromatic rings. The monoisotopic (exact) mass is 808 g/mol. The molecule has 54 heavy (non-hydrogen) atoms. The quantitative estimate of drug-likeness (QED) is 0.287. The van der Waals surface area contributed by atoms with Crippen molar-refractivity contribution in [3.63, 3.8) is 0 Å². The number of likely N-dealkylation sites (tertiary alicyclic amines) is 1. The zero-order chi connectivity index (χ0) is 42.1. The first-order valence-electron chi connectivity index (χ1n) is 14.6. The van der Waals surface area contributed by atoms with Gasteiger partial charge in [-0.2, -0.15) is 52.7 Å². The summed E-state index contributed by atoms with van der Waals surface area (Å²) in [5.74, 6) is -11.0. The van der Waals surface area contributed by atoms with Gasteiger partial charge in [-0.3, -0.25) is 19.8 Å². The van der Waals surface area contributed by atoms with E-state index >= 15 is 0 Å². The third kappa shape index (κ3) is 20.5. The molecule has 4 N–H and O–H groups in total. The van der Waals surface area contributed by atoms with E-state index in [1.165, 1.54) is 0 Å². The first kappa shape index (κ1) is 49.2. The van der Waals surface area contributed by atoms with E-state index in [1.54, 1.807) is 0 Å². The van der Waals surface area contributed by atoms with Crippen LogP contribution in [0.25, 0.3) is 0 Å². The van der Waals surface area contributed by atoms with Crippen molar-refractivity contribution >= 4 is 23.9 Å². The van der Waals surface area contributed by atoms with Gasteiger partial charge in [0.25, 0.3) is 0 Å². The molecule has 4 rings (SSSR count). The summed E-state index contributed by atoms with van der Waals surface area (Å²) in [7, 11) is 2.19. The lowest BCUT2D eigenvalue weighted by molar-refractivity contribution is -0.193. The number of aromatic nitrogens is 2. The average molecular weight is 809 g/mol. The normalized spacial score (nSPS) is 16.9. The number of hydrogen-bond donors (Lipinski definition) is 4. The molecule has 1 unspecified atom stereocenters. The van der Waals surface area contributed by atoms with Gasteiger partial charge >= 0.3 is 48.6 Å². The smallest absolute Gasteiger partial charge is 0.475 e. The maximum Gasteiger partial charge on any atom is 0.490 e. The standard InChI is InChI=1S/C21H28N4O.4C2HF3O2/c1-24(15-18-6-2-4-10-22-18)20-14-21(26-17-20)8-12-25(13-9-21)16-19-7-3-5-11-23-19;4*3-2(4,5)1(6)7/h2-7,10-11,20H,8-9,12-17H2,1H3;4*(H,6,7). The summed E-state index contributed by atoms with van der Waals surface area (Å²) < 4.78 is 133. The number of carboxylic acids is 4. The first-order chi connectivity index (χ1) is 24.5. The first-order valence-corrected chi connectivity index (χ1v) is 14.6. The number of nitrogens with zero attached hydrogens (tertiary/aromatic N) is 4. The molecule has 0 saturated carbocycles. The summed E-state index contributed by atoms with van der Waals surface area (Å²) in [5, 5.41) is 28.5. The van der Waals surface area contributed by atoms with E-state index in [2.05, 4.69) is 51.1 Å². The largest absolute Gasteiger partial charge is 0.490 e. The number of alkyl halides is 12. The van der Waals surface area contributed by atoms with Crippen LogP contribution in [0.2, 0.25) is 0 Å². The Kier molecular flexibility index (Phi) is 19.3. The van der Waals surface area contributed by atoms with Gasteiger partial charge in [-0.1, -0.05) is 12.1 Å². The topological polar surface area (TPSA) is 191 Å². The number of carbonyl (C=O) groups is 4. The molecule has 2 aromatic heterocycles. The van der Waals surface area contributed by atoms with Crippen LogP contribution in [0, 0.1) is 0 Å². The second kappa shape index (κ2) is 21.2. The zero-order valence-electron chi connectivity index (χ0n) is 27.5. The van der Waals surface area contributed by atoms with Crippen molar-refractivity contribution in [2.75, 3.05) is 26.7 Å². The number of ether oxygens (including phenoxy) is 1. The molecule has 0 aliphatic carbocycles. The third-order valence-electron chi connectivity index (χ3n) is 6.80. The van der Waals surface area contributed by atoms with Crippen molar-refractivity contribution in [1.29, 1.82) is 0 Å². The maximum atomic E-state index is 10.6. The van der Waals surface area contributed by atoms with Gasteiger partial charge in [-0.05, 0) is 50.6 Å². The highest BCUT2D eigenvalue weighted by Crippen LogP contribution is 2.38. The van der Waals surface area contributed by atoms with Crippen molar-refractivity contribution in [3.05, 3.63) is 60.2 Å². The molecule has 0 aromatic carbocycles. The van der Waals surface area contributed by atoms with Gasteiger partial charge in [0.2, 0.25) is 0 Å². The number of rotatable bonds is 5. The molecule has 1 atom stereocenters. The Morgan fingerprint density at radius 1 is 0.704 bits per heavy atom. The van der Waals surface area contributed by atoms with Gasteiger partial charge in [0.1, 0.15) is 0 Å². The number of piperidine rings is 1. The van der Waals surface area contributed by atoms with Crippen LogP contribution in [0.15, 0.2) is 48.8 Å². The van der Waals surface area contributed by atoms with E-state index in [0.29, 0.717) is 6.04 Å². The van der Waals surface area contributed by atoms with Gasteiger partial charge in [0.05, 0.1) is 23.6 Å². The highest BCUT2D eigenvalue weighted by atomic mass is 19.4. The molecule has 2 aliphatic rings. The minimum absolute atomic E-state index is 0.0731. The van der Waals surface area contributed by atoms with Gasteiger partial charge in [0, 0.05) is 44.6 Å². The van der Waals surface area contributed by atoms with Crippen LogP contribution in [0.3, 0.4) is 0 Å². The van der Waals surface area contributed by atoms with Crippen LogP contribution >= 0.6 is 0 Å². The van der Waals surface area contributed by atoms with Crippen LogP contribution in [0.5, 0.6) is 0 Å². The van der Waals surface area contributed by atoms with Gasteiger partial charge in [-0.15, -0.1) is 0 Å². The molecule has 306 valence electrons. The number of carboxylic acid groups (broad SMARTS) is 4. The van der Waals surface area contributed by atoms with E-state index in [-0.39, 0.29) is 5.60 Å². The Morgan fingerprint density at radius 3 is 1.37 bits per heavy atom. The van der Waals surface area contributed by atoms with Crippen LogP contribution < -0.4 is 0 Å². The second-order valence-electron chi connectivity index (χ2n) is 10.9. The van der Waals surface area contributed by atoms with Gasteiger partial charge in [-0.25, -0.2) is 19.2 Å². The molecule has 13 nitrogen and oxygen atoms in total. The molecular weight excluding hydrogens is 776 g/mol. The van der Waals surface area contributed by atoms with Crippen LogP contribution in [0.4, 0.5) is 52.7 Å². The predicted octanol–water partition coefficient (Wildman–Crippen LogP) is 5.27. The van der Waals surface area contributed by atoms with Crippen molar-refractivity contribution in [2.24, 2.45) is 0 Å². The molecule has 25 heteroatoms. The second-order valence-corrected chi connectivity index (χ2v) is 10.9. The van der Waals surface area contributed by atoms with Gasteiger partial charge < -0.3 is 25.2 Å². The fourth-order valence-corrected chi connectivity index (χ4v) is 4.17. The Hall–Kier alpha value is -4.78. The Labute approximate surface area is 296 Å². The van der Waals surface area contributed by atoms with Crippen LogP contribution in [-0.4, -0.2) is 127 Å². The van der Waals surface area contributed by atoms with Crippen molar-refractivity contribution in [3.8, 4) is 0 Å². The molecule has 4 heterocycles. The van der Waals surface area contributed by atoms with Crippen LogP contribution in [0.1, 0.15) is 30.7 Å². The van der Waals surface area contributed by atoms with Crippen molar-refractivity contribution in [2.45, 2.75) is 68.7 Å². The number of aliphatic carboxylic acids is 4. The number of halogens is 12. The lowest BCUT2D eigenvalue weighted by atomic mass is 9.87. The predicted molar refractivity (Wildman–Crippen MR) is 156 cm³/mol. The lowest BCUT2D eigenvalue weighted by Gasteiger charge is -2.38. The molecule has 1 spiro atoms. The average Bonchev–Trinajstić information content (AvgIpc) is 3.46. The summed E-state index contributed by atoms with van der Waals surface area (Å²) >= 11 is 0. The van der Waals surface area contributed by atoms with E-state index < -0.39 is 48.6 Å². The fraction of sp³-hybridized carbons (Fsp3) is 0.517. The zero-order valence-corrected chi connectivity index (χ0v) is 27.5. The summed E-state index contributed by atoms with van der Waals surface area (Å²) in [6.45, 7) is 4.85. The highest BCUT2D eigenvalue weighted by molar-refractivity contribution is 5.74. The molecule has 0 bridgehead atoms. The summed E-state index contributed by atoms with van der Waals surface area (Å²) in [6, 6.07) is 12.8. The SMILES string of the molecule is CN(Cc1ccccn1)C1COC2(CCN(Cc3ccccn3)CC2)C1.O=C(O)C(F)(F)F.O=C(O)C(F)(F)F.O=C(O)C(F)(F)F.O=C(O)C(F)(F)F. The van der Waals surface area contributed by atoms with Gasteiger partial charge in [0.15, 0.2) is 0 Å². The van der Waals surface area contributed by atoms with E-state index in [0.717, 1.165) is 63.4 Å². The third-order valence-corrected chi connectivity index (χ3v) is 6.80. The molecule has 2 saturated heterocycles. The fourth-order valence-electron chi connectivity index (χ4n) is 4.17. The molecule has 2 fully saturated rings.